The topological polar surface area (TPSA) is 32.3 Å². The smallest absolute Gasteiger partial charge is 0.0249 e. The minimum absolute atomic E-state index is 0.521. The predicted octanol–water partition coefficient (Wildman–Crippen LogP) is 1.36. The molecule has 0 aliphatic carbocycles. The molecular formula is C13H26N2OS. The lowest BCUT2D eigenvalue weighted by atomic mass is 10.0. The largest absolute Gasteiger partial charge is 0.314 e. The standard InChI is InChI=1S/C13H26N2OS/c1-2-12-4-9-15(8-3-7-14-12)13-5-10-17(16)11-6-13/h12-14H,2-11H2,1H3. The van der Waals surface area contributed by atoms with Crippen LogP contribution in [-0.4, -0.2) is 52.3 Å². The van der Waals surface area contributed by atoms with Crippen LogP contribution in [0.1, 0.15) is 39.0 Å². The summed E-state index contributed by atoms with van der Waals surface area (Å²) in [6.45, 7) is 5.88. The van der Waals surface area contributed by atoms with Gasteiger partial charge < -0.3 is 10.2 Å². The highest BCUT2D eigenvalue weighted by molar-refractivity contribution is 7.85. The molecule has 1 unspecified atom stereocenters. The zero-order chi connectivity index (χ0) is 12.1. The van der Waals surface area contributed by atoms with Gasteiger partial charge in [0.2, 0.25) is 0 Å². The molecule has 2 fully saturated rings. The second kappa shape index (κ2) is 6.86. The first-order valence-electron chi connectivity index (χ1n) is 7.12. The highest BCUT2D eigenvalue weighted by atomic mass is 32.2. The summed E-state index contributed by atoms with van der Waals surface area (Å²) < 4.78 is 11.4. The number of rotatable bonds is 2. The predicted molar refractivity (Wildman–Crippen MR) is 73.8 cm³/mol. The van der Waals surface area contributed by atoms with Crippen LogP contribution in [0.2, 0.25) is 0 Å². The Morgan fingerprint density at radius 1 is 1.24 bits per heavy atom. The van der Waals surface area contributed by atoms with Gasteiger partial charge in [0, 0.05) is 34.4 Å². The van der Waals surface area contributed by atoms with E-state index >= 15 is 0 Å². The third-order valence-electron chi connectivity index (χ3n) is 4.19. The summed E-state index contributed by atoms with van der Waals surface area (Å²) in [5.74, 6) is 1.85. The van der Waals surface area contributed by atoms with E-state index in [1.54, 1.807) is 0 Å². The molecule has 0 radical (unpaired) electrons. The monoisotopic (exact) mass is 258 g/mol. The molecule has 1 N–H and O–H groups in total. The zero-order valence-electron chi connectivity index (χ0n) is 11.0. The van der Waals surface area contributed by atoms with Crippen molar-refractivity contribution in [1.82, 2.24) is 10.2 Å². The van der Waals surface area contributed by atoms with Crippen LogP contribution in [0, 0.1) is 0 Å². The van der Waals surface area contributed by atoms with Gasteiger partial charge in [-0.05, 0) is 51.7 Å². The van der Waals surface area contributed by atoms with E-state index in [0.29, 0.717) is 12.1 Å². The summed E-state index contributed by atoms with van der Waals surface area (Å²) in [5, 5.41) is 3.63. The molecule has 2 aliphatic rings. The van der Waals surface area contributed by atoms with Crippen molar-refractivity contribution in [2.24, 2.45) is 0 Å². The molecule has 0 spiro atoms. The molecule has 0 saturated carbocycles. The Labute approximate surface area is 108 Å². The van der Waals surface area contributed by atoms with Gasteiger partial charge in [-0.2, -0.15) is 0 Å². The Bertz CT molecular complexity index is 250. The van der Waals surface area contributed by atoms with E-state index in [4.69, 9.17) is 0 Å². The van der Waals surface area contributed by atoms with E-state index in [1.807, 2.05) is 0 Å². The van der Waals surface area contributed by atoms with E-state index in [0.717, 1.165) is 30.9 Å². The lowest BCUT2D eigenvalue weighted by molar-refractivity contribution is 0.160. The molecule has 100 valence electrons. The van der Waals surface area contributed by atoms with Crippen LogP contribution in [0.3, 0.4) is 0 Å². The normalized spacial score (nSPS) is 37.4. The second-order valence-corrected chi connectivity index (χ2v) is 7.01. The van der Waals surface area contributed by atoms with Gasteiger partial charge in [-0.1, -0.05) is 6.92 Å². The maximum Gasteiger partial charge on any atom is 0.0249 e. The van der Waals surface area contributed by atoms with Gasteiger partial charge in [-0.25, -0.2) is 0 Å². The van der Waals surface area contributed by atoms with Crippen molar-refractivity contribution < 1.29 is 4.21 Å². The molecule has 2 saturated heterocycles. The molecule has 0 bridgehead atoms. The van der Waals surface area contributed by atoms with Gasteiger partial charge in [0.25, 0.3) is 0 Å². The van der Waals surface area contributed by atoms with Crippen molar-refractivity contribution in [2.75, 3.05) is 31.1 Å². The lowest BCUT2D eigenvalue weighted by Crippen LogP contribution is -2.46. The third kappa shape index (κ3) is 4.04. The summed E-state index contributed by atoms with van der Waals surface area (Å²) in [6.07, 6.45) is 6.07. The molecule has 1 atom stereocenters. The molecule has 0 amide bonds. The molecular weight excluding hydrogens is 232 g/mol. The molecule has 2 heterocycles. The molecule has 2 aliphatic heterocycles. The van der Waals surface area contributed by atoms with Gasteiger partial charge >= 0.3 is 0 Å². The molecule has 4 heteroatoms. The van der Waals surface area contributed by atoms with Crippen LogP contribution in [0.5, 0.6) is 0 Å². The maximum absolute atomic E-state index is 11.4. The molecule has 0 aromatic heterocycles. The Kier molecular flexibility index (Phi) is 5.45. The molecule has 3 nitrogen and oxygen atoms in total. The summed E-state index contributed by atoms with van der Waals surface area (Å²) in [6, 6.07) is 1.42. The highest BCUT2D eigenvalue weighted by Crippen LogP contribution is 2.18. The Morgan fingerprint density at radius 2 is 2.00 bits per heavy atom. The number of hydrogen-bond acceptors (Lipinski definition) is 3. The van der Waals surface area contributed by atoms with Crippen molar-refractivity contribution >= 4 is 10.8 Å². The fourth-order valence-electron chi connectivity index (χ4n) is 2.98. The fourth-order valence-corrected chi connectivity index (χ4v) is 4.26. The van der Waals surface area contributed by atoms with E-state index in [9.17, 15) is 4.21 Å². The van der Waals surface area contributed by atoms with Crippen molar-refractivity contribution in [3.8, 4) is 0 Å². The average molecular weight is 258 g/mol. The van der Waals surface area contributed by atoms with E-state index in [2.05, 4.69) is 17.1 Å². The number of nitrogens with zero attached hydrogens (tertiary/aromatic N) is 1. The SMILES string of the molecule is CCC1CCN(C2CCS(=O)CC2)CCCN1. The minimum atomic E-state index is -0.521. The van der Waals surface area contributed by atoms with E-state index in [-0.39, 0.29) is 0 Å². The van der Waals surface area contributed by atoms with E-state index < -0.39 is 10.8 Å². The fraction of sp³-hybridized carbons (Fsp3) is 1.00. The van der Waals surface area contributed by atoms with Gasteiger partial charge in [0.1, 0.15) is 0 Å². The Morgan fingerprint density at radius 3 is 2.71 bits per heavy atom. The Hall–Kier alpha value is 0.0700. The first-order chi connectivity index (χ1) is 8.29. The van der Waals surface area contributed by atoms with Gasteiger partial charge in [-0.3, -0.25) is 4.21 Å². The minimum Gasteiger partial charge on any atom is -0.314 e. The van der Waals surface area contributed by atoms with Crippen molar-refractivity contribution in [1.29, 1.82) is 0 Å². The maximum atomic E-state index is 11.4. The van der Waals surface area contributed by atoms with Crippen LogP contribution in [0.15, 0.2) is 0 Å². The number of hydrogen-bond donors (Lipinski definition) is 1. The van der Waals surface area contributed by atoms with Crippen LogP contribution in [0.25, 0.3) is 0 Å². The van der Waals surface area contributed by atoms with Gasteiger partial charge in [-0.15, -0.1) is 0 Å². The first-order valence-corrected chi connectivity index (χ1v) is 8.61. The van der Waals surface area contributed by atoms with Crippen LogP contribution in [0.4, 0.5) is 0 Å². The quantitative estimate of drug-likeness (QED) is 0.812. The van der Waals surface area contributed by atoms with Crippen LogP contribution >= 0.6 is 0 Å². The molecule has 0 aromatic carbocycles. The van der Waals surface area contributed by atoms with Gasteiger partial charge in [0.15, 0.2) is 0 Å². The lowest BCUT2D eigenvalue weighted by Gasteiger charge is -2.36. The summed E-state index contributed by atoms with van der Waals surface area (Å²) >= 11 is 0. The van der Waals surface area contributed by atoms with Crippen LogP contribution < -0.4 is 5.32 Å². The number of nitrogens with one attached hydrogen (secondary N) is 1. The summed E-state index contributed by atoms with van der Waals surface area (Å²) in [7, 11) is -0.521. The molecule has 17 heavy (non-hydrogen) atoms. The molecule has 2 rings (SSSR count). The van der Waals surface area contributed by atoms with E-state index in [1.165, 1.54) is 32.4 Å². The van der Waals surface area contributed by atoms with Crippen LogP contribution in [-0.2, 0) is 10.8 Å². The average Bonchev–Trinajstić information content (AvgIpc) is 2.31. The molecule has 0 aromatic rings. The van der Waals surface area contributed by atoms with Crippen molar-refractivity contribution in [2.45, 2.75) is 51.1 Å². The van der Waals surface area contributed by atoms with Gasteiger partial charge in [0.05, 0.1) is 0 Å². The second-order valence-electron chi connectivity index (χ2n) is 5.32. The highest BCUT2D eigenvalue weighted by Gasteiger charge is 2.24. The zero-order valence-corrected chi connectivity index (χ0v) is 11.8. The van der Waals surface area contributed by atoms with Crippen molar-refractivity contribution in [3.05, 3.63) is 0 Å². The third-order valence-corrected chi connectivity index (χ3v) is 5.57. The Balaban J connectivity index is 1.84. The van der Waals surface area contributed by atoms with Crippen molar-refractivity contribution in [3.63, 3.8) is 0 Å². The summed E-state index contributed by atoms with van der Waals surface area (Å²) in [5.41, 5.74) is 0. The first kappa shape index (κ1) is 13.5. The summed E-state index contributed by atoms with van der Waals surface area (Å²) in [4.78, 5) is 2.67.